The molecule has 1 N–H and O–H groups in total. The molecule has 3 aromatic carbocycles. The van der Waals surface area contributed by atoms with Gasteiger partial charge >= 0.3 is 0 Å². The van der Waals surface area contributed by atoms with Crippen molar-refractivity contribution in [1.29, 1.82) is 0 Å². The lowest BCUT2D eigenvalue weighted by molar-refractivity contribution is -0.141. The van der Waals surface area contributed by atoms with E-state index in [0.29, 0.717) is 17.9 Å². The van der Waals surface area contributed by atoms with Gasteiger partial charge < -0.3 is 15.0 Å². The zero-order chi connectivity index (χ0) is 30.0. The number of rotatable bonds is 14. The van der Waals surface area contributed by atoms with E-state index in [2.05, 4.69) is 5.32 Å². The maximum absolute atomic E-state index is 13.9. The number of carbonyl (C=O) groups excluding carboxylic acids is 2. The highest BCUT2D eigenvalue weighted by molar-refractivity contribution is 7.92. The van der Waals surface area contributed by atoms with Gasteiger partial charge in [-0.05, 0) is 50.5 Å². The number of sulfonamides is 1. The zero-order valence-electron chi connectivity index (χ0n) is 24.5. The summed E-state index contributed by atoms with van der Waals surface area (Å²) in [5.41, 5.74) is 3.37. The molecule has 0 heterocycles. The van der Waals surface area contributed by atoms with E-state index in [0.717, 1.165) is 22.9 Å². The normalized spacial score (nSPS) is 12.0. The molecule has 41 heavy (non-hydrogen) atoms. The van der Waals surface area contributed by atoms with Gasteiger partial charge in [-0.15, -0.1) is 0 Å². The minimum Gasteiger partial charge on any atom is -0.495 e. The van der Waals surface area contributed by atoms with Crippen LogP contribution in [-0.2, 0) is 32.6 Å². The van der Waals surface area contributed by atoms with Gasteiger partial charge in [-0.25, -0.2) is 8.42 Å². The van der Waals surface area contributed by atoms with Crippen LogP contribution in [0.25, 0.3) is 0 Å². The van der Waals surface area contributed by atoms with Crippen LogP contribution in [0.2, 0.25) is 0 Å². The van der Waals surface area contributed by atoms with E-state index in [4.69, 9.17) is 4.74 Å². The average Bonchev–Trinajstić information content (AvgIpc) is 2.93. The summed E-state index contributed by atoms with van der Waals surface area (Å²) in [5, 5.41) is 2.99. The second-order valence-corrected chi connectivity index (χ2v) is 12.4. The van der Waals surface area contributed by atoms with Crippen LogP contribution in [0.5, 0.6) is 5.75 Å². The maximum atomic E-state index is 13.9. The Bertz CT molecular complexity index is 1390. The summed E-state index contributed by atoms with van der Waals surface area (Å²) in [6, 6.07) is 23.6. The molecule has 0 saturated heterocycles. The molecule has 3 aromatic rings. The Balaban J connectivity index is 1.89. The van der Waals surface area contributed by atoms with Gasteiger partial charge in [0.25, 0.3) is 0 Å². The van der Waals surface area contributed by atoms with Gasteiger partial charge in [-0.1, -0.05) is 72.3 Å². The van der Waals surface area contributed by atoms with Crippen molar-refractivity contribution in [3.63, 3.8) is 0 Å². The lowest BCUT2D eigenvalue weighted by Gasteiger charge is -2.32. The lowest BCUT2D eigenvalue weighted by atomic mass is 10.0. The van der Waals surface area contributed by atoms with Crippen molar-refractivity contribution in [2.45, 2.75) is 58.7 Å². The molecule has 8 nitrogen and oxygen atoms in total. The van der Waals surface area contributed by atoms with Crippen molar-refractivity contribution in [3.05, 3.63) is 95.6 Å². The first-order chi connectivity index (χ1) is 19.5. The summed E-state index contributed by atoms with van der Waals surface area (Å²) in [4.78, 5) is 29.0. The first kappa shape index (κ1) is 31.7. The van der Waals surface area contributed by atoms with Crippen molar-refractivity contribution in [3.8, 4) is 5.75 Å². The van der Waals surface area contributed by atoms with Crippen LogP contribution in [-0.4, -0.2) is 57.1 Å². The van der Waals surface area contributed by atoms with Gasteiger partial charge in [0.1, 0.15) is 11.8 Å². The fourth-order valence-electron chi connectivity index (χ4n) is 4.64. The van der Waals surface area contributed by atoms with E-state index in [1.54, 1.807) is 29.2 Å². The third-order valence-corrected chi connectivity index (χ3v) is 7.86. The molecule has 3 rings (SSSR count). The average molecular weight is 580 g/mol. The maximum Gasteiger partial charge on any atom is 0.243 e. The SMILES string of the molecule is COc1ccccc1N(CCCC(=O)N(Cc1ccc(C)cc1)[C@H](Cc1ccccc1)C(=O)NC(C)C)S(C)(=O)=O. The van der Waals surface area contributed by atoms with E-state index in [1.807, 2.05) is 75.4 Å². The molecule has 0 unspecified atom stereocenters. The van der Waals surface area contributed by atoms with E-state index < -0.39 is 16.1 Å². The van der Waals surface area contributed by atoms with E-state index >= 15 is 0 Å². The highest BCUT2D eigenvalue weighted by atomic mass is 32.2. The number of hydrogen-bond donors (Lipinski definition) is 1. The summed E-state index contributed by atoms with van der Waals surface area (Å²) in [6.07, 6.45) is 1.82. The molecule has 0 aromatic heterocycles. The molecule has 2 amide bonds. The number of para-hydroxylation sites is 2. The summed E-state index contributed by atoms with van der Waals surface area (Å²) in [5.74, 6) is -0.0199. The molecule has 0 fully saturated rings. The van der Waals surface area contributed by atoms with Crippen LogP contribution in [0.3, 0.4) is 0 Å². The largest absolute Gasteiger partial charge is 0.495 e. The fraction of sp³-hybridized carbons (Fsp3) is 0.375. The van der Waals surface area contributed by atoms with Crippen LogP contribution in [0.4, 0.5) is 5.69 Å². The molecule has 1 atom stereocenters. The standard InChI is InChI=1S/C32H41N3O5S/c1-24(2)33-32(37)29(22-26-12-7-6-8-13-26)34(23-27-19-17-25(3)18-20-27)31(36)16-11-21-35(41(5,38)39)28-14-9-10-15-30(28)40-4/h6-10,12-15,17-20,24,29H,11,16,21-23H2,1-5H3,(H,33,37)/t29-/m1/s1. The number of amides is 2. The number of benzene rings is 3. The second kappa shape index (κ2) is 14.7. The Hall–Kier alpha value is -3.85. The number of hydrogen-bond acceptors (Lipinski definition) is 5. The third-order valence-electron chi connectivity index (χ3n) is 6.68. The quantitative estimate of drug-likeness (QED) is 0.298. The molecule has 220 valence electrons. The second-order valence-electron chi connectivity index (χ2n) is 10.5. The van der Waals surface area contributed by atoms with E-state index in [-0.39, 0.29) is 43.8 Å². The van der Waals surface area contributed by atoms with Crippen LogP contribution < -0.4 is 14.4 Å². The number of nitrogens with one attached hydrogen (secondary N) is 1. The van der Waals surface area contributed by atoms with Crippen LogP contribution in [0.1, 0.15) is 43.4 Å². The monoisotopic (exact) mass is 579 g/mol. The van der Waals surface area contributed by atoms with Crippen molar-refractivity contribution in [1.82, 2.24) is 10.2 Å². The van der Waals surface area contributed by atoms with Gasteiger partial charge in [0, 0.05) is 32.0 Å². The van der Waals surface area contributed by atoms with E-state index in [1.165, 1.54) is 11.4 Å². The number of anilines is 1. The van der Waals surface area contributed by atoms with Crippen molar-refractivity contribution in [2.24, 2.45) is 0 Å². The number of nitrogens with zero attached hydrogens (tertiary/aromatic N) is 2. The van der Waals surface area contributed by atoms with Crippen molar-refractivity contribution >= 4 is 27.5 Å². The smallest absolute Gasteiger partial charge is 0.243 e. The lowest BCUT2D eigenvalue weighted by Crippen LogP contribution is -2.51. The van der Waals surface area contributed by atoms with Gasteiger partial charge in [0.15, 0.2) is 0 Å². The predicted molar refractivity (Wildman–Crippen MR) is 163 cm³/mol. The summed E-state index contributed by atoms with van der Waals surface area (Å²) in [6.45, 7) is 6.12. The van der Waals surface area contributed by atoms with Gasteiger partial charge in [-0.3, -0.25) is 13.9 Å². The number of methoxy groups -OCH3 is 1. The first-order valence-corrected chi connectivity index (χ1v) is 15.6. The predicted octanol–water partition coefficient (Wildman–Crippen LogP) is 4.71. The van der Waals surface area contributed by atoms with Crippen molar-refractivity contribution in [2.75, 3.05) is 24.2 Å². The molecule has 0 saturated carbocycles. The van der Waals surface area contributed by atoms with Gasteiger partial charge in [-0.2, -0.15) is 0 Å². The molecular weight excluding hydrogens is 538 g/mol. The molecule has 0 spiro atoms. The third kappa shape index (κ3) is 9.35. The summed E-state index contributed by atoms with van der Waals surface area (Å²) < 4.78 is 32.1. The molecule has 0 aliphatic rings. The minimum absolute atomic E-state index is 0.0628. The summed E-state index contributed by atoms with van der Waals surface area (Å²) >= 11 is 0. The Labute approximate surface area is 244 Å². The fourth-order valence-corrected chi connectivity index (χ4v) is 5.61. The molecule has 0 aliphatic carbocycles. The number of aryl methyl sites for hydroxylation is 1. The highest BCUT2D eigenvalue weighted by Gasteiger charge is 2.31. The Kier molecular flexibility index (Phi) is 11.3. The molecule has 0 aliphatic heterocycles. The Morgan fingerprint density at radius 3 is 2.15 bits per heavy atom. The first-order valence-electron chi connectivity index (χ1n) is 13.8. The van der Waals surface area contributed by atoms with Crippen LogP contribution in [0, 0.1) is 6.92 Å². The Morgan fingerprint density at radius 1 is 0.902 bits per heavy atom. The number of ether oxygens (including phenoxy) is 1. The van der Waals surface area contributed by atoms with Gasteiger partial charge in [0.2, 0.25) is 21.8 Å². The minimum atomic E-state index is -3.64. The molecule has 0 radical (unpaired) electrons. The summed E-state index contributed by atoms with van der Waals surface area (Å²) in [7, 11) is -2.15. The van der Waals surface area contributed by atoms with E-state index in [9.17, 15) is 18.0 Å². The molecular formula is C32H41N3O5S. The van der Waals surface area contributed by atoms with Gasteiger partial charge in [0.05, 0.1) is 19.1 Å². The zero-order valence-corrected chi connectivity index (χ0v) is 25.4. The molecule has 0 bridgehead atoms. The highest BCUT2D eigenvalue weighted by Crippen LogP contribution is 2.30. The molecule has 9 heteroatoms. The van der Waals surface area contributed by atoms with Crippen LogP contribution >= 0.6 is 0 Å². The van der Waals surface area contributed by atoms with Crippen molar-refractivity contribution < 1.29 is 22.7 Å². The number of carbonyl (C=O) groups is 2. The topological polar surface area (TPSA) is 96.0 Å². The van der Waals surface area contributed by atoms with Crippen LogP contribution in [0.15, 0.2) is 78.9 Å². The Morgan fingerprint density at radius 2 is 1.54 bits per heavy atom.